The van der Waals surface area contributed by atoms with Crippen molar-refractivity contribution in [3.8, 4) is 0 Å². The van der Waals surface area contributed by atoms with Crippen LogP contribution in [-0.2, 0) is 11.2 Å². The molecule has 0 radical (unpaired) electrons. The Labute approximate surface area is 128 Å². The maximum absolute atomic E-state index is 13.3. The second-order valence-electron chi connectivity index (χ2n) is 6.34. The lowest BCUT2D eigenvalue weighted by Gasteiger charge is -2.37. The van der Waals surface area contributed by atoms with Crippen LogP contribution in [0.25, 0.3) is 0 Å². The molecule has 1 amide bonds. The smallest absolute Gasteiger partial charge is 0.234 e. The van der Waals surface area contributed by atoms with Crippen LogP contribution < -0.4 is 10.6 Å². The molecule has 0 aromatic heterocycles. The molecule has 2 N–H and O–H groups in total. The van der Waals surface area contributed by atoms with Crippen LogP contribution in [0.5, 0.6) is 0 Å². The molecule has 0 fully saturated rings. The molecule has 0 saturated carbocycles. The molecule has 0 aliphatic carbocycles. The highest BCUT2D eigenvalue weighted by molar-refractivity contribution is 6.00. The molecule has 1 aliphatic rings. The Hall–Kier alpha value is -1.35. The van der Waals surface area contributed by atoms with Crippen LogP contribution in [0, 0.1) is 5.41 Å². The van der Waals surface area contributed by atoms with Crippen molar-refractivity contribution in [3.63, 3.8) is 0 Å². The van der Waals surface area contributed by atoms with E-state index in [0.717, 1.165) is 37.8 Å². The quantitative estimate of drug-likeness (QED) is 0.870. The fourth-order valence-electron chi connectivity index (χ4n) is 3.72. The molecule has 0 saturated heterocycles. The molecular weight excluding hydrogens is 260 g/mol. The summed E-state index contributed by atoms with van der Waals surface area (Å²) in [6.45, 7) is 6.85. The summed E-state index contributed by atoms with van der Waals surface area (Å²) in [6, 6.07) is 8.49. The number of nitrogens with zero attached hydrogens (tertiary/aromatic N) is 1. The number of nitrogens with two attached hydrogens (primary N) is 1. The van der Waals surface area contributed by atoms with Gasteiger partial charge in [0.1, 0.15) is 0 Å². The Morgan fingerprint density at radius 2 is 1.90 bits per heavy atom. The van der Waals surface area contributed by atoms with Gasteiger partial charge in [0.15, 0.2) is 0 Å². The standard InChI is InChI=1S/C18H28N2O/c1-4-10-18(13-19,11-5-2)17(21)20-14(3)12-15-8-6-7-9-16(15)20/h6-9,14H,4-5,10-13,19H2,1-3H3. The topological polar surface area (TPSA) is 46.3 Å². The average Bonchev–Trinajstić information content (AvgIpc) is 2.81. The van der Waals surface area contributed by atoms with Gasteiger partial charge in [0.2, 0.25) is 5.91 Å². The van der Waals surface area contributed by atoms with Crippen molar-refractivity contribution in [2.45, 2.75) is 58.9 Å². The first-order valence-corrected chi connectivity index (χ1v) is 8.21. The molecule has 3 nitrogen and oxygen atoms in total. The highest BCUT2D eigenvalue weighted by Gasteiger charge is 2.42. The van der Waals surface area contributed by atoms with Gasteiger partial charge >= 0.3 is 0 Å². The summed E-state index contributed by atoms with van der Waals surface area (Å²) < 4.78 is 0. The first kappa shape index (κ1) is 16.0. The summed E-state index contributed by atoms with van der Waals surface area (Å²) >= 11 is 0. The number of hydrogen-bond acceptors (Lipinski definition) is 2. The van der Waals surface area contributed by atoms with Gasteiger partial charge in [-0.05, 0) is 37.8 Å². The van der Waals surface area contributed by atoms with Crippen LogP contribution >= 0.6 is 0 Å². The lowest BCUT2D eigenvalue weighted by atomic mass is 9.77. The molecule has 0 bridgehead atoms. The van der Waals surface area contributed by atoms with E-state index in [0.29, 0.717) is 6.54 Å². The maximum Gasteiger partial charge on any atom is 0.234 e. The minimum absolute atomic E-state index is 0.228. The van der Waals surface area contributed by atoms with Gasteiger partial charge in [-0.15, -0.1) is 0 Å². The second kappa shape index (κ2) is 6.61. The number of hydrogen-bond donors (Lipinski definition) is 1. The predicted molar refractivity (Wildman–Crippen MR) is 88.4 cm³/mol. The Bertz CT molecular complexity index is 492. The minimum atomic E-state index is -0.394. The highest BCUT2D eigenvalue weighted by atomic mass is 16.2. The van der Waals surface area contributed by atoms with Crippen LogP contribution in [0.4, 0.5) is 5.69 Å². The number of benzene rings is 1. The molecule has 1 aromatic rings. The van der Waals surface area contributed by atoms with E-state index in [1.165, 1.54) is 5.56 Å². The maximum atomic E-state index is 13.3. The molecule has 3 heteroatoms. The molecule has 1 unspecified atom stereocenters. The number of anilines is 1. The van der Waals surface area contributed by atoms with Gasteiger partial charge in [-0.1, -0.05) is 44.9 Å². The van der Waals surface area contributed by atoms with Crippen LogP contribution in [0.1, 0.15) is 52.0 Å². The minimum Gasteiger partial charge on any atom is -0.329 e. The zero-order valence-corrected chi connectivity index (χ0v) is 13.6. The van der Waals surface area contributed by atoms with Crippen LogP contribution in [0.2, 0.25) is 0 Å². The van der Waals surface area contributed by atoms with Crippen molar-refractivity contribution in [3.05, 3.63) is 29.8 Å². The molecule has 21 heavy (non-hydrogen) atoms. The van der Waals surface area contributed by atoms with Crippen molar-refractivity contribution >= 4 is 11.6 Å². The number of carbonyl (C=O) groups excluding carboxylic acids is 1. The number of amides is 1. The first-order valence-electron chi connectivity index (χ1n) is 8.21. The lowest BCUT2D eigenvalue weighted by molar-refractivity contribution is -0.129. The van der Waals surface area contributed by atoms with Crippen LogP contribution in [0.15, 0.2) is 24.3 Å². The number of rotatable bonds is 6. The van der Waals surface area contributed by atoms with E-state index in [9.17, 15) is 4.79 Å². The van der Waals surface area contributed by atoms with Gasteiger partial charge in [-0.25, -0.2) is 0 Å². The number of fused-ring (bicyclic) bond motifs is 1. The third-order valence-electron chi connectivity index (χ3n) is 4.73. The molecule has 1 aliphatic heterocycles. The van der Waals surface area contributed by atoms with Crippen molar-refractivity contribution in [2.24, 2.45) is 11.1 Å². The first-order chi connectivity index (χ1) is 10.1. The lowest BCUT2D eigenvalue weighted by Crippen LogP contribution is -2.50. The second-order valence-corrected chi connectivity index (χ2v) is 6.34. The summed E-state index contributed by atoms with van der Waals surface area (Å²) in [7, 11) is 0. The van der Waals surface area contributed by atoms with Gasteiger partial charge in [0.25, 0.3) is 0 Å². The summed E-state index contributed by atoms with van der Waals surface area (Å²) in [4.78, 5) is 15.3. The third-order valence-corrected chi connectivity index (χ3v) is 4.73. The number of carbonyl (C=O) groups is 1. The van der Waals surface area contributed by atoms with E-state index in [-0.39, 0.29) is 11.9 Å². The van der Waals surface area contributed by atoms with Crippen molar-refractivity contribution in [2.75, 3.05) is 11.4 Å². The van der Waals surface area contributed by atoms with Crippen molar-refractivity contribution in [1.82, 2.24) is 0 Å². The molecule has 116 valence electrons. The van der Waals surface area contributed by atoms with E-state index in [2.05, 4.69) is 32.9 Å². The normalized spacial score (nSPS) is 17.9. The number of para-hydroxylation sites is 1. The van der Waals surface area contributed by atoms with Gasteiger partial charge < -0.3 is 10.6 Å². The molecule has 1 atom stereocenters. The Kier molecular flexibility index (Phi) is 5.04. The zero-order valence-electron chi connectivity index (χ0n) is 13.6. The van der Waals surface area contributed by atoms with Gasteiger partial charge in [0.05, 0.1) is 5.41 Å². The summed E-state index contributed by atoms with van der Waals surface area (Å²) in [5, 5.41) is 0. The summed E-state index contributed by atoms with van der Waals surface area (Å²) in [5.41, 5.74) is 8.03. The van der Waals surface area contributed by atoms with Crippen molar-refractivity contribution < 1.29 is 4.79 Å². The van der Waals surface area contributed by atoms with E-state index in [1.54, 1.807) is 0 Å². The highest BCUT2D eigenvalue weighted by Crippen LogP contribution is 2.39. The molecule has 2 rings (SSSR count). The van der Waals surface area contributed by atoms with E-state index in [1.807, 2.05) is 17.0 Å². The van der Waals surface area contributed by atoms with Gasteiger partial charge in [-0.3, -0.25) is 4.79 Å². The molecule has 0 spiro atoms. The molecular formula is C18H28N2O. The Morgan fingerprint density at radius 3 is 2.48 bits per heavy atom. The van der Waals surface area contributed by atoms with Crippen molar-refractivity contribution in [1.29, 1.82) is 0 Å². The van der Waals surface area contributed by atoms with Gasteiger partial charge in [-0.2, -0.15) is 0 Å². The molecule has 1 aromatic carbocycles. The van der Waals surface area contributed by atoms with Crippen LogP contribution in [0.3, 0.4) is 0 Å². The van der Waals surface area contributed by atoms with E-state index >= 15 is 0 Å². The summed E-state index contributed by atoms with van der Waals surface area (Å²) in [5.74, 6) is 0.228. The van der Waals surface area contributed by atoms with E-state index < -0.39 is 5.41 Å². The monoisotopic (exact) mass is 288 g/mol. The fourth-order valence-corrected chi connectivity index (χ4v) is 3.72. The Morgan fingerprint density at radius 1 is 1.29 bits per heavy atom. The third kappa shape index (κ3) is 2.84. The van der Waals surface area contributed by atoms with Crippen LogP contribution in [-0.4, -0.2) is 18.5 Å². The van der Waals surface area contributed by atoms with Gasteiger partial charge in [0, 0.05) is 18.3 Å². The largest absolute Gasteiger partial charge is 0.329 e. The zero-order chi connectivity index (χ0) is 15.5. The fraction of sp³-hybridized carbons (Fsp3) is 0.611. The predicted octanol–water partition coefficient (Wildman–Crippen LogP) is 3.51. The Balaban J connectivity index is 2.37. The SMILES string of the molecule is CCCC(CN)(CCC)C(=O)N1c2ccccc2CC1C. The van der Waals surface area contributed by atoms with E-state index in [4.69, 9.17) is 5.73 Å². The molecule has 1 heterocycles. The average molecular weight is 288 g/mol. The summed E-state index contributed by atoms with van der Waals surface area (Å²) in [6.07, 6.45) is 4.68.